The van der Waals surface area contributed by atoms with Crippen molar-refractivity contribution in [2.24, 2.45) is 16.1 Å². The summed E-state index contributed by atoms with van der Waals surface area (Å²) < 4.78 is 5.72. The van der Waals surface area contributed by atoms with Crippen molar-refractivity contribution in [2.45, 2.75) is 48.0 Å². The van der Waals surface area contributed by atoms with Crippen LogP contribution < -0.4 is 10.5 Å². The first-order chi connectivity index (χ1) is 13.8. The van der Waals surface area contributed by atoms with Crippen molar-refractivity contribution in [3.8, 4) is 5.75 Å². The number of amidine groups is 1. The molecule has 0 saturated carbocycles. The van der Waals surface area contributed by atoms with Gasteiger partial charge in [0, 0.05) is 17.7 Å². The number of hydrogen-bond acceptors (Lipinski definition) is 5. The van der Waals surface area contributed by atoms with Crippen LogP contribution in [0, 0.1) is 30.1 Å². The molecule has 0 aliphatic heterocycles. The molecular formula is C23H35N5OS. The highest BCUT2D eigenvalue weighted by Gasteiger charge is 2.15. The number of allylic oxidation sites excluding steroid dienone is 1. The number of aryl methyl sites for hydroxylation is 2. The molecule has 1 aromatic rings. The SMILES string of the molecule is CCN(C)CCc1cc(C)c(OC(=S)/N=C(\N)C(=N)/C=C\C(=N)C(C)(C)C)cc1C. The highest BCUT2D eigenvalue weighted by molar-refractivity contribution is 7.80. The van der Waals surface area contributed by atoms with Crippen LogP contribution in [0.4, 0.5) is 0 Å². The van der Waals surface area contributed by atoms with E-state index in [4.69, 9.17) is 33.5 Å². The molecule has 164 valence electrons. The largest absolute Gasteiger partial charge is 0.430 e. The quantitative estimate of drug-likeness (QED) is 0.323. The van der Waals surface area contributed by atoms with E-state index in [9.17, 15) is 0 Å². The van der Waals surface area contributed by atoms with Crippen molar-refractivity contribution in [2.75, 3.05) is 20.1 Å². The van der Waals surface area contributed by atoms with Crippen molar-refractivity contribution in [3.63, 3.8) is 0 Å². The number of nitrogens with two attached hydrogens (primary N) is 1. The van der Waals surface area contributed by atoms with Gasteiger partial charge in [0.25, 0.3) is 5.17 Å². The third-order valence-corrected chi connectivity index (χ3v) is 5.02. The first-order valence-electron chi connectivity index (χ1n) is 10.1. The summed E-state index contributed by atoms with van der Waals surface area (Å²) in [6, 6.07) is 4.08. The van der Waals surface area contributed by atoms with Gasteiger partial charge in [0.2, 0.25) is 0 Å². The maximum atomic E-state index is 8.01. The van der Waals surface area contributed by atoms with Gasteiger partial charge < -0.3 is 20.8 Å². The lowest BCUT2D eigenvalue weighted by Crippen LogP contribution is -2.24. The van der Waals surface area contributed by atoms with Crippen LogP contribution in [0.1, 0.15) is 44.4 Å². The Morgan fingerprint density at radius 3 is 2.40 bits per heavy atom. The third-order valence-electron chi connectivity index (χ3n) is 4.85. The zero-order valence-electron chi connectivity index (χ0n) is 19.2. The lowest BCUT2D eigenvalue weighted by Gasteiger charge is -2.16. The second kappa shape index (κ2) is 11.1. The minimum Gasteiger partial charge on any atom is -0.430 e. The molecule has 1 rings (SSSR count). The Labute approximate surface area is 186 Å². The molecule has 0 spiro atoms. The molecule has 0 heterocycles. The van der Waals surface area contributed by atoms with E-state index in [-0.39, 0.29) is 22.1 Å². The predicted molar refractivity (Wildman–Crippen MR) is 132 cm³/mol. The lowest BCUT2D eigenvalue weighted by molar-refractivity contribution is 0.357. The smallest absolute Gasteiger partial charge is 0.290 e. The van der Waals surface area contributed by atoms with Gasteiger partial charge >= 0.3 is 0 Å². The Morgan fingerprint density at radius 1 is 1.20 bits per heavy atom. The van der Waals surface area contributed by atoms with Crippen molar-refractivity contribution in [1.82, 2.24) is 4.90 Å². The van der Waals surface area contributed by atoms with Crippen molar-refractivity contribution >= 4 is 34.7 Å². The van der Waals surface area contributed by atoms with Crippen molar-refractivity contribution < 1.29 is 4.74 Å². The average molecular weight is 430 g/mol. The Bertz CT molecular complexity index is 865. The predicted octanol–water partition coefficient (Wildman–Crippen LogP) is 4.46. The molecule has 30 heavy (non-hydrogen) atoms. The maximum absolute atomic E-state index is 8.01. The first-order valence-corrected chi connectivity index (χ1v) is 10.5. The molecule has 0 bridgehead atoms. The number of benzene rings is 1. The van der Waals surface area contributed by atoms with Gasteiger partial charge in [0.1, 0.15) is 5.75 Å². The number of nitrogens with zero attached hydrogens (tertiary/aromatic N) is 2. The van der Waals surface area contributed by atoms with Crippen LogP contribution in [0.15, 0.2) is 29.3 Å². The minimum atomic E-state index is -0.297. The second-order valence-electron chi connectivity index (χ2n) is 8.47. The van der Waals surface area contributed by atoms with Crippen LogP contribution in [0.2, 0.25) is 0 Å². The normalized spacial score (nSPS) is 12.5. The van der Waals surface area contributed by atoms with Crippen LogP contribution >= 0.6 is 12.2 Å². The van der Waals surface area contributed by atoms with E-state index >= 15 is 0 Å². The van der Waals surface area contributed by atoms with Gasteiger partial charge in [0.15, 0.2) is 5.84 Å². The summed E-state index contributed by atoms with van der Waals surface area (Å²) in [5.74, 6) is 0.588. The van der Waals surface area contributed by atoms with Crippen molar-refractivity contribution in [3.05, 3.63) is 41.0 Å². The second-order valence-corrected chi connectivity index (χ2v) is 8.82. The number of nitrogens with one attached hydrogen (secondary N) is 2. The number of rotatable bonds is 8. The summed E-state index contributed by atoms with van der Waals surface area (Å²) in [7, 11) is 2.11. The highest BCUT2D eigenvalue weighted by Crippen LogP contribution is 2.24. The number of hydrogen-bond donors (Lipinski definition) is 3. The maximum Gasteiger partial charge on any atom is 0.290 e. The van der Waals surface area contributed by atoms with Gasteiger partial charge in [-0.3, -0.25) is 5.41 Å². The number of aliphatic imine (C=N–C) groups is 1. The summed E-state index contributed by atoms with van der Waals surface area (Å²) >= 11 is 5.20. The molecule has 4 N–H and O–H groups in total. The Balaban J connectivity index is 2.84. The molecular weight excluding hydrogens is 394 g/mol. The van der Waals surface area contributed by atoms with Crippen LogP contribution in [-0.4, -0.2) is 47.5 Å². The van der Waals surface area contributed by atoms with E-state index < -0.39 is 0 Å². The first kappa shape index (κ1) is 25.7. The monoisotopic (exact) mass is 429 g/mol. The van der Waals surface area contributed by atoms with E-state index in [1.165, 1.54) is 11.6 Å². The molecule has 0 saturated heterocycles. The summed E-state index contributed by atoms with van der Waals surface area (Å²) in [6.07, 6.45) is 3.98. The van der Waals surface area contributed by atoms with Crippen LogP contribution in [0.25, 0.3) is 0 Å². The van der Waals surface area contributed by atoms with Gasteiger partial charge in [0.05, 0.1) is 5.71 Å². The topological polar surface area (TPSA) is 98.5 Å². The van der Waals surface area contributed by atoms with E-state index in [1.54, 1.807) is 6.08 Å². The molecule has 6 nitrogen and oxygen atoms in total. The molecule has 0 aliphatic rings. The molecule has 0 radical (unpaired) electrons. The molecule has 7 heteroatoms. The standard InChI is InChI=1S/C23H35N5OS/c1-8-28(7)12-11-17-13-16(3)19(14-15(17)2)29-22(30)27-21(26)18(24)9-10-20(25)23(4,5)6/h9-10,13-14,24-25H,8,11-12H2,1-7H3,(H2,26,27,30)/b10-9-,24-18?,25-20?. The van der Waals surface area contributed by atoms with E-state index in [0.717, 1.165) is 30.6 Å². The highest BCUT2D eigenvalue weighted by atomic mass is 32.1. The summed E-state index contributed by atoms with van der Waals surface area (Å²) in [4.78, 5) is 6.30. The van der Waals surface area contributed by atoms with Gasteiger partial charge in [-0.2, -0.15) is 4.99 Å². The molecule has 0 amide bonds. The van der Waals surface area contributed by atoms with Crippen LogP contribution in [-0.2, 0) is 6.42 Å². The van der Waals surface area contributed by atoms with Crippen LogP contribution in [0.3, 0.4) is 0 Å². The Kier molecular flexibility index (Phi) is 9.52. The van der Waals surface area contributed by atoms with E-state index in [0.29, 0.717) is 11.5 Å². The van der Waals surface area contributed by atoms with E-state index in [2.05, 4.69) is 36.9 Å². The fourth-order valence-electron chi connectivity index (χ4n) is 2.48. The van der Waals surface area contributed by atoms with Crippen LogP contribution in [0.5, 0.6) is 5.75 Å². The fraction of sp³-hybridized carbons (Fsp3) is 0.478. The third kappa shape index (κ3) is 8.16. The zero-order chi connectivity index (χ0) is 23.1. The fourth-order valence-corrected chi connectivity index (χ4v) is 2.66. The Hall–Kier alpha value is -2.38. The number of likely N-dealkylation sites (N-methyl/N-ethyl adjacent to an activating group) is 1. The van der Waals surface area contributed by atoms with Gasteiger partial charge in [-0.25, -0.2) is 0 Å². The van der Waals surface area contributed by atoms with Gasteiger partial charge in [-0.15, -0.1) is 0 Å². The summed E-state index contributed by atoms with van der Waals surface area (Å²) in [6.45, 7) is 14.0. The Morgan fingerprint density at radius 2 is 1.83 bits per heavy atom. The number of ether oxygens (including phenoxy) is 1. The van der Waals surface area contributed by atoms with Gasteiger partial charge in [-0.1, -0.05) is 33.8 Å². The molecule has 1 aromatic carbocycles. The van der Waals surface area contributed by atoms with Crippen molar-refractivity contribution in [1.29, 1.82) is 10.8 Å². The minimum absolute atomic E-state index is 0.0155. The summed E-state index contributed by atoms with van der Waals surface area (Å²) in [5.41, 5.74) is 9.34. The molecule has 0 aromatic heterocycles. The molecule has 0 atom stereocenters. The van der Waals surface area contributed by atoms with E-state index in [1.807, 2.05) is 33.8 Å². The number of thiocarbonyl (C=S) groups is 1. The summed E-state index contributed by atoms with van der Waals surface area (Å²) in [5, 5.41) is 15.9. The van der Waals surface area contributed by atoms with Gasteiger partial charge in [-0.05, 0) is 81.0 Å². The molecule has 0 unspecified atom stereocenters. The lowest BCUT2D eigenvalue weighted by atomic mass is 9.90. The average Bonchev–Trinajstić information content (AvgIpc) is 2.65. The molecule has 0 aliphatic carbocycles. The zero-order valence-corrected chi connectivity index (χ0v) is 20.0. The molecule has 0 fully saturated rings.